The number of ether oxygens (including phenoxy) is 1. The van der Waals surface area contributed by atoms with Crippen LogP contribution in [0.4, 0.5) is 5.69 Å². The molecule has 0 heterocycles. The van der Waals surface area contributed by atoms with Gasteiger partial charge in [0.25, 0.3) is 5.91 Å². The highest BCUT2D eigenvalue weighted by Gasteiger charge is 2.10. The van der Waals surface area contributed by atoms with Crippen molar-refractivity contribution in [3.63, 3.8) is 0 Å². The summed E-state index contributed by atoms with van der Waals surface area (Å²) in [6.07, 6.45) is 1.03. The maximum atomic E-state index is 11.0. The molecule has 0 aliphatic heterocycles. The zero-order valence-electron chi connectivity index (χ0n) is 8.85. The van der Waals surface area contributed by atoms with Crippen LogP contribution in [-0.4, -0.2) is 27.7 Å². The molecule has 0 saturated heterocycles. The number of benzene rings is 1. The number of carbonyl (C=O) groups excluding carboxylic acids is 1. The minimum Gasteiger partial charge on any atom is -0.496 e. The Hall–Kier alpha value is -1.76. The summed E-state index contributed by atoms with van der Waals surface area (Å²) in [7, 11) is -1.99. The first-order valence-corrected chi connectivity index (χ1v) is 6.18. The number of rotatable bonds is 4. The fourth-order valence-corrected chi connectivity index (χ4v) is 1.73. The van der Waals surface area contributed by atoms with E-state index in [1.165, 1.54) is 25.3 Å². The van der Waals surface area contributed by atoms with E-state index in [2.05, 4.69) is 4.72 Å². The Labute approximate surface area is 93.5 Å². The van der Waals surface area contributed by atoms with Gasteiger partial charge in [0.15, 0.2) is 0 Å². The molecule has 0 spiro atoms. The predicted octanol–water partition coefficient (Wildman–Crippen LogP) is 0.166. The molecule has 0 unspecified atom stereocenters. The quantitative estimate of drug-likeness (QED) is 0.788. The second kappa shape index (κ2) is 4.40. The van der Waals surface area contributed by atoms with Crippen LogP contribution in [0.2, 0.25) is 0 Å². The molecule has 0 atom stereocenters. The van der Waals surface area contributed by atoms with Gasteiger partial charge in [0.05, 0.1) is 24.6 Å². The van der Waals surface area contributed by atoms with Crippen LogP contribution < -0.4 is 15.2 Å². The maximum absolute atomic E-state index is 11.0. The highest BCUT2D eigenvalue weighted by Crippen LogP contribution is 2.23. The highest BCUT2D eigenvalue weighted by atomic mass is 32.2. The van der Waals surface area contributed by atoms with Gasteiger partial charge >= 0.3 is 0 Å². The molecular formula is C9H12N2O4S. The number of amides is 1. The number of anilines is 1. The average molecular weight is 244 g/mol. The average Bonchev–Trinajstić information content (AvgIpc) is 2.14. The molecule has 7 heteroatoms. The monoisotopic (exact) mass is 244 g/mol. The molecule has 0 aliphatic rings. The normalized spacial score (nSPS) is 10.9. The van der Waals surface area contributed by atoms with E-state index in [1.807, 2.05) is 0 Å². The molecule has 0 bridgehead atoms. The fourth-order valence-electron chi connectivity index (χ4n) is 1.17. The first-order chi connectivity index (χ1) is 7.33. The molecule has 16 heavy (non-hydrogen) atoms. The molecule has 0 aromatic heterocycles. The largest absolute Gasteiger partial charge is 0.496 e. The van der Waals surface area contributed by atoms with Crippen LogP contribution in [0.1, 0.15) is 10.4 Å². The smallest absolute Gasteiger partial charge is 0.252 e. The van der Waals surface area contributed by atoms with E-state index in [4.69, 9.17) is 10.5 Å². The summed E-state index contributed by atoms with van der Waals surface area (Å²) in [5.74, 6) is -0.413. The molecular weight excluding hydrogens is 232 g/mol. The number of nitrogens with two attached hydrogens (primary N) is 1. The standard InChI is InChI=1S/C9H12N2O4S/c1-15-8-5-6(11-16(2,13)14)3-4-7(8)9(10)12/h3-5,11H,1-2H3,(H2,10,12). The highest BCUT2D eigenvalue weighted by molar-refractivity contribution is 7.92. The maximum Gasteiger partial charge on any atom is 0.252 e. The molecule has 1 amide bonds. The minimum atomic E-state index is -3.36. The number of hydrogen-bond donors (Lipinski definition) is 2. The summed E-state index contributed by atoms with van der Waals surface area (Å²) in [5, 5.41) is 0. The van der Waals surface area contributed by atoms with Crippen molar-refractivity contribution in [3.05, 3.63) is 23.8 Å². The topological polar surface area (TPSA) is 98.5 Å². The predicted molar refractivity (Wildman–Crippen MR) is 60.0 cm³/mol. The third kappa shape index (κ3) is 3.13. The van der Waals surface area contributed by atoms with Crippen molar-refractivity contribution in [2.75, 3.05) is 18.1 Å². The summed E-state index contributed by atoms with van der Waals surface area (Å²) in [6.45, 7) is 0. The van der Waals surface area contributed by atoms with Gasteiger partial charge in [-0.1, -0.05) is 0 Å². The Morgan fingerprint density at radius 3 is 2.50 bits per heavy atom. The third-order valence-corrected chi connectivity index (χ3v) is 2.38. The lowest BCUT2D eigenvalue weighted by molar-refractivity contribution is 0.0997. The van der Waals surface area contributed by atoms with Gasteiger partial charge in [-0.2, -0.15) is 0 Å². The molecule has 6 nitrogen and oxygen atoms in total. The summed E-state index contributed by atoms with van der Waals surface area (Å²) >= 11 is 0. The van der Waals surface area contributed by atoms with Crippen molar-refractivity contribution in [2.24, 2.45) is 5.73 Å². The van der Waals surface area contributed by atoms with Gasteiger partial charge in [0.2, 0.25) is 10.0 Å². The van der Waals surface area contributed by atoms with E-state index < -0.39 is 15.9 Å². The molecule has 0 aliphatic carbocycles. The number of sulfonamides is 1. The Morgan fingerprint density at radius 2 is 2.06 bits per heavy atom. The van der Waals surface area contributed by atoms with Crippen molar-refractivity contribution in [3.8, 4) is 5.75 Å². The Morgan fingerprint density at radius 1 is 1.44 bits per heavy atom. The van der Waals surface area contributed by atoms with Crippen LogP contribution in [0, 0.1) is 0 Å². The number of carbonyl (C=O) groups is 1. The van der Waals surface area contributed by atoms with Gasteiger partial charge in [-0.25, -0.2) is 8.42 Å². The molecule has 1 aromatic rings. The lowest BCUT2D eigenvalue weighted by atomic mass is 10.2. The van der Waals surface area contributed by atoms with Crippen LogP contribution in [-0.2, 0) is 10.0 Å². The number of hydrogen-bond acceptors (Lipinski definition) is 4. The second-order valence-electron chi connectivity index (χ2n) is 3.15. The molecule has 1 aromatic carbocycles. The van der Waals surface area contributed by atoms with Crippen molar-refractivity contribution in [2.45, 2.75) is 0 Å². The second-order valence-corrected chi connectivity index (χ2v) is 4.90. The van der Waals surface area contributed by atoms with Crippen molar-refractivity contribution >= 4 is 21.6 Å². The van der Waals surface area contributed by atoms with Crippen LogP contribution in [0.5, 0.6) is 5.75 Å². The van der Waals surface area contributed by atoms with Crippen molar-refractivity contribution < 1.29 is 17.9 Å². The van der Waals surface area contributed by atoms with Gasteiger partial charge in [0, 0.05) is 6.07 Å². The van der Waals surface area contributed by atoms with Crippen molar-refractivity contribution in [1.82, 2.24) is 0 Å². The number of primary amides is 1. The summed E-state index contributed by atoms with van der Waals surface area (Å²) < 4.78 is 29.1. The lowest BCUT2D eigenvalue weighted by Crippen LogP contribution is -2.14. The van der Waals surface area contributed by atoms with E-state index in [1.54, 1.807) is 0 Å². The number of nitrogens with one attached hydrogen (secondary N) is 1. The lowest BCUT2D eigenvalue weighted by Gasteiger charge is -2.09. The Balaban J connectivity index is 3.14. The molecule has 88 valence electrons. The Bertz CT molecular complexity index is 510. The molecule has 3 N–H and O–H groups in total. The van der Waals surface area contributed by atoms with Crippen LogP contribution in [0.25, 0.3) is 0 Å². The van der Waals surface area contributed by atoms with E-state index in [0.29, 0.717) is 5.69 Å². The molecule has 0 saturated carbocycles. The zero-order chi connectivity index (χ0) is 12.3. The first kappa shape index (κ1) is 12.3. The van der Waals surface area contributed by atoms with E-state index in [9.17, 15) is 13.2 Å². The molecule has 1 rings (SSSR count). The van der Waals surface area contributed by atoms with Gasteiger partial charge in [-0.3, -0.25) is 9.52 Å². The van der Waals surface area contributed by atoms with Crippen LogP contribution in [0.15, 0.2) is 18.2 Å². The zero-order valence-corrected chi connectivity index (χ0v) is 9.67. The summed E-state index contributed by atoms with van der Waals surface area (Å²) in [6, 6.07) is 4.22. The van der Waals surface area contributed by atoms with Gasteiger partial charge in [-0.15, -0.1) is 0 Å². The number of methoxy groups -OCH3 is 1. The van der Waals surface area contributed by atoms with E-state index in [0.717, 1.165) is 6.26 Å². The fraction of sp³-hybridized carbons (Fsp3) is 0.222. The Kier molecular flexibility index (Phi) is 3.38. The van der Waals surface area contributed by atoms with Gasteiger partial charge in [0.1, 0.15) is 5.75 Å². The van der Waals surface area contributed by atoms with Crippen LogP contribution >= 0.6 is 0 Å². The van der Waals surface area contributed by atoms with E-state index in [-0.39, 0.29) is 11.3 Å². The van der Waals surface area contributed by atoms with Crippen LogP contribution in [0.3, 0.4) is 0 Å². The molecule has 0 fully saturated rings. The molecule has 0 radical (unpaired) electrons. The minimum absolute atomic E-state index is 0.196. The first-order valence-electron chi connectivity index (χ1n) is 4.29. The SMILES string of the molecule is COc1cc(NS(C)(=O)=O)ccc1C(N)=O. The van der Waals surface area contributed by atoms with Gasteiger partial charge in [-0.05, 0) is 12.1 Å². The van der Waals surface area contributed by atoms with E-state index >= 15 is 0 Å². The summed E-state index contributed by atoms with van der Waals surface area (Å²) in [5.41, 5.74) is 5.62. The summed E-state index contributed by atoms with van der Waals surface area (Å²) in [4.78, 5) is 11.0. The van der Waals surface area contributed by atoms with Gasteiger partial charge < -0.3 is 10.5 Å². The third-order valence-electron chi connectivity index (χ3n) is 1.77. The van der Waals surface area contributed by atoms with Crippen molar-refractivity contribution in [1.29, 1.82) is 0 Å².